The lowest BCUT2D eigenvalue weighted by atomic mass is 9.47. The molecule has 29 heavy (non-hydrogen) atoms. The van der Waals surface area contributed by atoms with Crippen LogP contribution in [0, 0.1) is 28.6 Å². The highest BCUT2D eigenvalue weighted by Crippen LogP contribution is 2.64. The first-order chi connectivity index (χ1) is 13.2. The fourth-order valence-electron chi connectivity index (χ4n) is 7.71. The van der Waals surface area contributed by atoms with E-state index in [4.69, 9.17) is 0 Å². The normalized spacial score (nSPS) is 43.1. The summed E-state index contributed by atoms with van der Waals surface area (Å²) in [5, 5.41) is 3.28. The van der Waals surface area contributed by atoms with Gasteiger partial charge in [-0.25, -0.2) is 0 Å². The first-order valence-electron chi connectivity index (χ1n) is 11.4. The summed E-state index contributed by atoms with van der Waals surface area (Å²) in [4.78, 5) is 25.5. The van der Waals surface area contributed by atoms with Crippen LogP contribution in [-0.2, 0) is 9.59 Å². The van der Waals surface area contributed by atoms with Gasteiger partial charge in [-0.15, -0.1) is 12.4 Å². The molecule has 0 heterocycles. The van der Waals surface area contributed by atoms with Crippen molar-refractivity contribution in [1.82, 2.24) is 10.2 Å². The van der Waals surface area contributed by atoms with Crippen molar-refractivity contribution in [3.63, 3.8) is 0 Å². The lowest BCUT2D eigenvalue weighted by molar-refractivity contribution is -0.130. The number of hydrogen-bond acceptors (Lipinski definition) is 2. The summed E-state index contributed by atoms with van der Waals surface area (Å²) in [6.45, 7) is 8.31. The molecule has 0 aliphatic heterocycles. The highest BCUT2D eigenvalue weighted by molar-refractivity contribution is 5.85. The summed E-state index contributed by atoms with van der Waals surface area (Å²) in [5.41, 5.74) is 2.20. The molecule has 0 spiro atoms. The highest BCUT2D eigenvalue weighted by atomic mass is 35.5. The minimum atomic E-state index is 0. The molecule has 2 amide bonds. The standard InChI is InChI=1S/C24H38N2O2.ClH/c1-15(27)25-22-9-8-20-19-7-6-17-14-18(26(5)16(2)28)10-12-23(17,3)21(19)11-13-24(20,22)4;/h6,18-22H,7-14H2,1-5H3,(H,25,27);1H/t18-,19-,20-,21-,22-,23-,24-;/m0./s1. The zero-order valence-corrected chi connectivity index (χ0v) is 19.6. The zero-order valence-electron chi connectivity index (χ0n) is 18.8. The highest BCUT2D eigenvalue weighted by Gasteiger charge is 2.58. The Bertz CT molecular complexity index is 707. The summed E-state index contributed by atoms with van der Waals surface area (Å²) < 4.78 is 0. The predicted molar refractivity (Wildman–Crippen MR) is 119 cm³/mol. The first-order valence-corrected chi connectivity index (χ1v) is 11.4. The summed E-state index contributed by atoms with van der Waals surface area (Å²) in [5.74, 6) is 2.57. The van der Waals surface area contributed by atoms with E-state index in [1.54, 1.807) is 19.4 Å². The lowest BCUT2D eigenvalue weighted by Crippen LogP contribution is -2.54. The van der Waals surface area contributed by atoms with Gasteiger partial charge in [0.15, 0.2) is 0 Å². The molecule has 4 rings (SSSR count). The molecule has 0 aromatic carbocycles. The van der Waals surface area contributed by atoms with E-state index in [2.05, 4.69) is 25.2 Å². The third-order valence-corrected chi connectivity index (χ3v) is 9.50. The van der Waals surface area contributed by atoms with Crippen molar-refractivity contribution in [2.24, 2.45) is 28.6 Å². The van der Waals surface area contributed by atoms with Gasteiger partial charge in [-0.2, -0.15) is 0 Å². The maximum atomic E-state index is 11.9. The van der Waals surface area contributed by atoms with Crippen molar-refractivity contribution in [3.8, 4) is 0 Å². The number of nitrogens with one attached hydrogen (secondary N) is 1. The maximum absolute atomic E-state index is 11.9. The molecule has 0 radical (unpaired) electrons. The number of allylic oxidation sites excluding steroid dienone is 1. The molecular formula is C24H39ClN2O2. The van der Waals surface area contributed by atoms with Crippen molar-refractivity contribution in [3.05, 3.63) is 11.6 Å². The molecule has 5 heteroatoms. The molecule has 0 saturated heterocycles. The molecular weight excluding hydrogens is 384 g/mol. The van der Waals surface area contributed by atoms with Crippen molar-refractivity contribution >= 4 is 24.2 Å². The van der Waals surface area contributed by atoms with Crippen molar-refractivity contribution in [2.45, 2.75) is 91.1 Å². The molecule has 0 unspecified atom stereocenters. The van der Waals surface area contributed by atoms with E-state index in [9.17, 15) is 9.59 Å². The van der Waals surface area contributed by atoms with Crippen LogP contribution in [0.15, 0.2) is 11.6 Å². The average molecular weight is 423 g/mol. The number of carbonyl (C=O) groups excluding carboxylic acids is 2. The fourth-order valence-corrected chi connectivity index (χ4v) is 7.71. The number of nitrogens with zero attached hydrogens (tertiary/aromatic N) is 1. The summed E-state index contributed by atoms with van der Waals surface area (Å²) in [6, 6.07) is 0.729. The Labute approximate surface area is 182 Å². The smallest absolute Gasteiger partial charge is 0.219 e. The van der Waals surface area contributed by atoms with Crippen LogP contribution in [0.4, 0.5) is 0 Å². The number of fused-ring (bicyclic) bond motifs is 5. The Balaban J connectivity index is 0.00000240. The van der Waals surface area contributed by atoms with Crippen LogP contribution in [-0.4, -0.2) is 35.8 Å². The van der Waals surface area contributed by atoms with Crippen LogP contribution >= 0.6 is 12.4 Å². The number of halogens is 1. The van der Waals surface area contributed by atoms with Crippen LogP contribution in [0.2, 0.25) is 0 Å². The molecule has 0 aromatic rings. The molecule has 4 aliphatic carbocycles. The van der Waals surface area contributed by atoms with Crippen LogP contribution in [0.1, 0.15) is 79.1 Å². The second-order valence-corrected chi connectivity index (χ2v) is 10.7. The third-order valence-electron chi connectivity index (χ3n) is 9.50. The van der Waals surface area contributed by atoms with Gasteiger partial charge >= 0.3 is 0 Å². The second kappa shape index (κ2) is 7.90. The van der Waals surface area contributed by atoms with E-state index < -0.39 is 0 Å². The van der Waals surface area contributed by atoms with Gasteiger partial charge in [0.25, 0.3) is 0 Å². The third kappa shape index (κ3) is 3.54. The predicted octanol–water partition coefficient (Wildman–Crippen LogP) is 4.72. The molecule has 0 aromatic heterocycles. The van der Waals surface area contributed by atoms with Gasteiger partial charge in [-0.3, -0.25) is 9.59 Å². The Morgan fingerprint density at radius 1 is 1.07 bits per heavy atom. The first kappa shape index (κ1) is 22.7. The SMILES string of the molecule is CC(=O)N[C@H]1CC[C@H]2[C@@H]3CC=C4C[C@@H](N(C)C(C)=O)CC[C@]4(C)[C@H]3CC[C@]12C.Cl. The van der Waals surface area contributed by atoms with Crippen LogP contribution in [0.25, 0.3) is 0 Å². The van der Waals surface area contributed by atoms with Crippen LogP contribution < -0.4 is 5.32 Å². The Morgan fingerprint density at radius 3 is 2.45 bits per heavy atom. The molecule has 3 saturated carbocycles. The maximum Gasteiger partial charge on any atom is 0.219 e. The topological polar surface area (TPSA) is 49.4 Å². The van der Waals surface area contributed by atoms with E-state index >= 15 is 0 Å². The van der Waals surface area contributed by atoms with E-state index in [0.29, 0.717) is 17.5 Å². The van der Waals surface area contributed by atoms with Crippen LogP contribution in [0.3, 0.4) is 0 Å². The zero-order chi connectivity index (χ0) is 20.3. The average Bonchev–Trinajstić information content (AvgIpc) is 2.96. The lowest BCUT2D eigenvalue weighted by Gasteiger charge is -2.58. The molecule has 4 aliphatic rings. The minimum Gasteiger partial charge on any atom is -0.353 e. The summed E-state index contributed by atoms with van der Waals surface area (Å²) >= 11 is 0. The van der Waals surface area contributed by atoms with Gasteiger partial charge in [0.05, 0.1) is 0 Å². The van der Waals surface area contributed by atoms with Gasteiger partial charge in [0.1, 0.15) is 0 Å². The van der Waals surface area contributed by atoms with Crippen LogP contribution in [0.5, 0.6) is 0 Å². The molecule has 1 N–H and O–H groups in total. The van der Waals surface area contributed by atoms with Crippen molar-refractivity contribution in [1.29, 1.82) is 0 Å². The Morgan fingerprint density at radius 2 is 1.79 bits per heavy atom. The molecule has 7 atom stereocenters. The minimum absolute atomic E-state index is 0. The van der Waals surface area contributed by atoms with Crippen molar-refractivity contribution < 1.29 is 9.59 Å². The largest absolute Gasteiger partial charge is 0.353 e. The fraction of sp³-hybridized carbons (Fsp3) is 0.833. The monoisotopic (exact) mass is 422 g/mol. The van der Waals surface area contributed by atoms with Gasteiger partial charge in [0, 0.05) is 33.0 Å². The number of carbonyl (C=O) groups is 2. The van der Waals surface area contributed by atoms with Gasteiger partial charge < -0.3 is 10.2 Å². The molecule has 4 nitrogen and oxygen atoms in total. The number of amides is 2. The molecule has 3 fully saturated rings. The second-order valence-electron chi connectivity index (χ2n) is 10.7. The Kier molecular flexibility index (Phi) is 6.17. The van der Waals surface area contributed by atoms with E-state index in [1.807, 2.05) is 11.9 Å². The quantitative estimate of drug-likeness (QED) is 0.654. The van der Waals surface area contributed by atoms with E-state index in [1.165, 1.54) is 32.1 Å². The molecule has 164 valence electrons. The van der Waals surface area contributed by atoms with Crippen molar-refractivity contribution in [2.75, 3.05) is 7.05 Å². The van der Waals surface area contributed by atoms with E-state index in [-0.39, 0.29) is 29.6 Å². The van der Waals surface area contributed by atoms with E-state index in [0.717, 1.165) is 37.0 Å². The number of rotatable bonds is 2. The summed E-state index contributed by atoms with van der Waals surface area (Å²) in [7, 11) is 1.97. The number of hydrogen-bond donors (Lipinski definition) is 1. The van der Waals surface area contributed by atoms with Gasteiger partial charge in [-0.1, -0.05) is 25.5 Å². The molecule has 0 bridgehead atoms. The Hall–Kier alpha value is -1.03. The summed E-state index contributed by atoms with van der Waals surface area (Å²) in [6.07, 6.45) is 12.1. The van der Waals surface area contributed by atoms with Gasteiger partial charge in [0.2, 0.25) is 11.8 Å². The van der Waals surface area contributed by atoms with Gasteiger partial charge in [-0.05, 0) is 80.0 Å².